The van der Waals surface area contributed by atoms with Crippen LogP contribution in [0.1, 0.15) is 0 Å². The van der Waals surface area contributed by atoms with E-state index in [1.807, 2.05) is 0 Å². The molecule has 1 aliphatic heterocycles. The SMILES string of the molecule is C[SiH]1c2cccc(P(c3ccccc3)c3ccccc3)c2Oc2c1cccc2P(c1ccccc1)c1ccccc1. The first-order valence-corrected chi connectivity index (χ1v) is 19.0. The highest BCUT2D eigenvalue weighted by Gasteiger charge is 2.33. The van der Waals surface area contributed by atoms with Gasteiger partial charge >= 0.3 is 0 Å². The van der Waals surface area contributed by atoms with E-state index in [2.05, 4.69) is 164 Å². The van der Waals surface area contributed by atoms with Gasteiger partial charge in [0.25, 0.3) is 0 Å². The van der Waals surface area contributed by atoms with Crippen molar-refractivity contribution in [3.63, 3.8) is 0 Å². The van der Waals surface area contributed by atoms with E-state index in [1.54, 1.807) is 0 Å². The van der Waals surface area contributed by atoms with Gasteiger partial charge in [0.15, 0.2) is 0 Å². The normalized spacial score (nSPS) is 12.6. The van der Waals surface area contributed by atoms with Crippen LogP contribution in [0.25, 0.3) is 0 Å². The molecule has 0 N–H and O–H groups in total. The average molecular weight is 581 g/mol. The van der Waals surface area contributed by atoms with Crippen LogP contribution in [0.2, 0.25) is 6.55 Å². The standard InChI is InChI=1S/C37H30OP2Si/c1-41-34-26-14-24-32(39(28-16-6-2-7-17-28)29-18-8-3-9-19-29)36(34)38-37-33(25-15-27-35(37)41)40(30-20-10-4-11-21-30)31-22-12-5-13-23-31/h2-27,41H,1H3. The van der Waals surface area contributed by atoms with Gasteiger partial charge < -0.3 is 4.74 Å². The van der Waals surface area contributed by atoms with E-state index in [4.69, 9.17) is 4.74 Å². The molecule has 4 heteroatoms. The molecule has 0 bridgehead atoms. The molecule has 198 valence electrons. The molecule has 0 spiro atoms. The highest BCUT2D eigenvalue weighted by atomic mass is 31.1. The van der Waals surface area contributed by atoms with Crippen molar-refractivity contribution in [2.75, 3.05) is 0 Å². The number of ether oxygens (including phenoxy) is 1. The molecule has 0 aromatic heterocycles. The number of benzene rings is 6. The molecule has 0 saturated heterocycles. The van der Waals surface area contributed by atoms with Gasteiger partial charge in [-0.25, -0.2) is 0 Å². The molecule has 1 aliphatic rings. The Hall–Kier alpha value is -3.80. The van der Waals surface area contributed by atoms with E-state index in [9.17, 15) is 0 Å². The Kier molecular flexibility index (Phi) is 7.38. The quantitative estimate of drug-likeness (QED) is 0.193. The van der Waals surface area contributed by atoms with Gasteiger partial charge in [-0.1, -0.05) is 164 Å². The van der Waals surface area contributed by atoms with E-state index in [1.165, 1.54) is 42.2 Å². The second-order valence-electron chi connectivity index (χ2n) is 10.2. The van der Waals surface area contributed by atoms with Crippen molar-refractivity contribution >= 4 is 66.8 Å². The number of fused-ring (bicyclic) bond motifs is 2. The minimum atomic E-state index is -1.51. The average Bonchev–Trinajstić information content (AvgIpc) is 3.04. The predicted octanol–water partition coefficient (Wildman–Crippen LogP) is 5.28. The Bertz CT molecular complexity index is 1570. The first-order chi connectivity index (χ1) is 20.3. The fraction of sp³-hybridized carbons (Fsp3) is 0.0270. The van der Waals surface area contributed by atoms with Crippen LogP contribution < -0.4 is 46.9 Å². The largest absolute Gasteiger partial charge is 0.456 e. The highest BCUT2D eigenvalue weighted by Crippen LogP contribution is 2.41. The van der Waals surface area contributed by atoms with Crippen LogP contribution in [0.3, 0.4) is 0 Å². The van der Waals surface area contributed by atoms with Crippen LogP contribution in [-0.4, -0.2) is 8.80 Å². The maximum atomic E-state index is 7.23. The maximum absolute atomic E-state index is 7.23. The summed E-state index contributed by atoms with van der Waals surface area (Å²) in [6, 6.07) is 57.5. The van der Waals surface area contributed by atoms with E-state index >= 15 is 0 Å². The molecule has 0 fully saturated rings. The van der Waals surface area contributed by atoms with Crippen LogP contribution in [0.4, 0.5) is 0 Å². The van der Waals surface area contributed by atoms with Crippen LogP contribution in [-0.2, 0) is 0 Å². The number of para-hydroxylation sites is 2. The van der Waals surface area contributed by atoms with E-state index in [0.717, 1.165) is 11.5 Å². The van der Waals surface area contributed by atoms with Crippen molar-refractivity contribution < 1.29 is 4.74 Å². The molecule has 6 aromatic carbocycles. The van der Waals surface area contributed by atoms with Gasteiger partial charge in [-0.2, -0.15) is 0 Å². The molecule has 0 saturated carbocycles. The van der Waals surface area contributed by atoms with Crippen molar-refractivity contribution in [1.29, 1.82) is 0 Å². The lowest BCUT2D eigenvalue weighted by Gasteiger charge is -2.32. The maximum Gasteiger partial charge on any atom is 0.135 e. The third-order valence-corrected chi connectivity index (χ3v) is 15.4. The predicted molar refractivity (Wildman–Crippen MR) is 183 cm³/mol. The Morgan fingerprint density at radius 1 is 0.390 bits per heavy atom. The molecular weight excluding hydrogens is 550 g/mol. The number of hydrogen-bond acceptors (Lipinski definition) is 1. The fourth-order valence-corrected chi connectivity index (χ4v) is 13.2. The zero-order chi connectivity index (χ0) is 27.6. The van der Waals surface area contributed by atoms with E-state index in [0.29, 0.717) is 0 Å². The minimum absolute atomic E-state index is 0.779. The minimum Gasteiger partial charge on any atom is -0.456 e. The van der Waals surface area contributed by atoms with Crippen molar-refractivity contribution in [3.05, 3.63) is 158 Å². The van der Waals surface area contributed by atoms with Crippen LogP contribution in [0.5, 0.6) is 11.5 Å². The summed E-state index contributed by atoms with van der Waals surface area (Å²) in [5.74, 6) is 2.17. The van der Waals surface area contributed by atoms with E-state index < -0.39 is 24.6 Å². The molecule has 41 heavy (non-hydrogen) atoms. The van der Waals surface area contributed by atoms with Crippen LogP contribution >= 0.6 is 15.8 Å². The van der Waals surface area contributed by atoms with Crippen LogP contribution in [0.15, 0.2) is 158 Å². The van der Waals surface area contributed by atoms with Gasteiger partial charge in [0.1, 0.15) is 20.3 Å². The highest BCUT2D eigenvalue weighted by molar-refractivity contribution is 7.80. The number of hydrogen-bond donors (Lipinski definition) is 0. The van der Waals surface area contributed by atoms with Crippen molar-refractivity contribution in [3.8, 4) is 11.5 Å². The second kappa shape index (κ2) is 11.6. The summed E-state index contributed by atoms with van der Waals surface area (Å²) < 4.78 is 7.23. The third-order valence-electron chi connectivity index (χ3n) is 7.73. The first kappa shape index (κ1) is 26.1. The van der Waals surface area contributed by atoms with E-state index in [-0.39, 0.29) is 0 Å². The third kappa shape index (κ3) is 4.98. The second-order valence-corrected chi connectivity index (χ2v) is 17.3. The van der Waals surface area contributed by atoms with Gasteiger partial charge in [-0.05, 0) is 47.4 Å². The summed E-state index contributed by atoms with van der Waals surface area (Å²) >= 11 is 0. The Labute approximate surface area is 246 Å². The summed E-state index contributed by atoms with van der Waals surface area (Å²) in [6.07, 6.45) is 0. The Morgan fingerprint density at radius 2 is 0.707 bits per heavy atom. The molecule has 6 aromatic rings. The molecule has 0 radical (unpaired) electrons. The summed E-state index contributed by atoms with van der Waals surface area (Å²) in [5.41, 5.74) is 0. The van der Waals surface area contributed by atoms with Gasteiger partial charge in [0, 0.05) is 10.6 Å². The Balaban J connectivity index is 1.42. The molecule has 1 heterocycles. The zero-order valence-corrected chi connectivity index (χ0v) is 25.8. The van der Waals surface area contributed by atoms with Crippen molar-refractivity contribution in [2.45, 2.75) is 6.55 Å². The van der Waals surface area contributed by atoms with Crippen molar-refractivity contribution in [2.24, 2.45) is 0 Å². The molecule has 0 aliphatic carbocycles. The summed E-state index contributed by atoms with van der Waals surface area (Å²) in [7, 11) is -3.07. The zero-order valence-electron chi connectivity index (χ0n) is 22.9. The molecule has 0 atom stereocenters. The molecule has 1 nitrogen and oxygen atoms in total. The van der Waals surface area contributed by atoms with Gasteiger partial charge in [-0.3, -0.25) is 0 Å². The summed E-state index contributed by atoms with van der Waals surface area (Å²) in [4.78, 5) is 0. The molecular formula is C37H30OP2Si. The lowest BCUT2D eigenvalue weighted by atomic mass is 10.3. The number of rotatable bonds is 6. The fourth-order valence-electron chi connectivity index (χ4n) is 5.77. The smallest absolute Gasteiger partial charge is 0.135 e. The van der Waals surface area contributed by atoms with Gasteiger partial charge in [0.2, 0.25) is 0 Å². The molecule has 7 rings (SSSR count). The van der Waals surface area contributed by atoms with Gasteiger partial charge in [0.05, 0.1) is 0 Å². The lowest BCUT2D eigenvalue weighted by molar-refractivity contribution is 0.495. The first-order valence-electron chi connectivity index (χ1n) is 14.0. The van der Waals surface area contributed by atoms with Crippen molar-refractivity contribution in [1.82, 2.24) is 0 Å². The molecule has 0 unspecified atom stereocenters. The summed E-state index contributed by atoms with van der Waals surface area (Å²) in [6.45, 7) is 2.47. The van der Waals surface area contributed by atoms with Crippen LogP contribution in [0, 0.1) is 0 Å². The Morgan fingerprint density at radius 3 is 1.02 bits per heavy atom. The lowest BCUT2D eigenvalue weighted by Crippen LogP contribution is -2.47. The monoisotopic (exact) mass is 580 g/mol. The van der Waals surface area contributed by atoms with Gasteiger partial charge in [-0.15, -0.1) is 0 Å². The summed E-state index contributed by atoms with van der Waals surface area (Å²) in [5, 5.41) is 10.8. The molecule has 0 amide bonds. The topological polar surface area (TPSA) is 9.23 Å².